The fourth-order valence-electron chi connectivity index (χ4n) is 4.72. The normalized spacial score (nSPS) is 19.8. The second kappa shape index (κ2) is 7.10. The maximum atomic E-state index is 13.3. The topological polar surface area (TPSA) is 65.1 Å². The summed E-state index contributed by atoms with van der Waals surface area (Å²) in [6.45, 7) is 4.32. The van der Waals surface area contributed by atoms with Gasteiger partial charge in [0.2, 0.25) is 0 Å². The highest BCUT2D eigenvalue weighted by Gasteiger charge is 2.25. The van der Waals surface area contributed by atoms with Crippen LogP contribution >= 0.6 is 0 Å². The summed E-state index contributed by atoms with van der Waals surface area (Å²) in [5.74, 6) is 0.497. The molecule has 0 radical (unpaired) electrons. The Bertz CT molecular complexity index is 1240. The molecule has 6 nitrogen and oxygen atoms in total. The minimum Gasteiger partial charge on any atom is -0.310 e. The van der Waals surface area contributed by atoms with Crippen molar-refractivity contribution in [3.8, 4) is 11.1 Å². The van der Waals surface area contributed by atoms with Crippen molar-refractivity contribution in [2.24, 2.45) is 5.92 Å². The largest absolute Gasteiger partial charge is 0.310 e. The second-order valence-electron chi connectivity index (χ2n) is 8.07. The standard InChI is InChI=1S/C23H25N5O/c1-3-17-20(16-10-5-4-6-11-16)22-25-24-21-19(28(22)26-17)13-14-27(23(21)29)18-12-8-7-9-15(18)2/h4-6,10-11,13-15,18H,3,7-9,12H2,1-2H3/t15-,18-/m0/s1. The van der Waals surface area contributed by atoms with Crippen LogP contribution in [0.25, 0.3) is 27.8 Å². The quantitative estimate of drug-likeness (QED) is 0.522. The summed E-state index contributed by atoms with van der Waals surface area (Å²) < 4.78 is 3.66. The third-order valence-electron chi connectivity index (χ3n) is 6.30. The molecule has 0 N–H and O–H groups in total. The lowest BCUT2D eigenvalue weighted by Crippen LogP contribution is -2.31. The molecule has 6 heteroatoms. The van der Waals surface area contributed by atoms with Gasteiger partial charge in [0.1, 0.15) is 5.52 Å². The van der Waals surface area contributed by atoms with Gasteiger partial charge in [0, 0.05) is 12.2 Å². The van der Waals surface area contributed by atoms with Gasteiger partial charge in [-0.05, 0) is 36.8 Å². The number of nitrogens with zero attached hydrogens (tertiary/aromatic N) is 5. The summed E-state index contributed by atoms with van der Waals surface area (Å²) in [6.07, 6.45) is 7.33. The Labute approximate surface area is 169 Å². The molecule has 0 unspecified atom stereocenters. The van der Waals surface area contributed by atoms with E-state index in [0.29, 0.717) is 17.1 Å². The molecule has 1 aliphatic rings. The van der Waals surface area contributed by atoms with Crippen molar-refractivity contribution in [1.82, 2.24) is 24.4 Å². The first kappa shape index (κ1) is 18.0. The van der Waals surface area contributed by atoms with Gasteiger partial charge in [0.05, 0.1) is 11.3 Å². The predicted molar refractivity (Wildman–Crippen MR) is 114 cm³/mol. The van der Waals surface area contributed by atoms with Gasteiger partial charge in [-0.3, -0.25) is 4.79 Å². The van der Waals surface area contributed by atoms with Gasteiger partial charge < -0.3 is 4.57 Å². The van der Waals surface area contributed by atoms with Crippen molar-refractivity contribution >= 4 is 16.7 Å². The minimum absolute atomic E-state index is 0.0644. The van der Waals surface area contributed by atoms with Crippen LogP contribution < -0.4 is 5.56 Å². The number of hydrogen-bond donors (Lipinski definition) is 0. The Kier molecular flexibility index (Phi) is 4.42. The monoisotopic (exact) mass is 387 g/mol. The third-order valence-corrected chi connectivity index (χ3v) is 6.30. The Balaban J connectivity index is 1.73. The van der Waals surface area contributed by atoms with Crippen LogP contribution in [0.2, 0.25) is 0 Å². The maximum absolute atomic E-state index is 13.3. The van der Waals surface area contributed by atoms with Crippen LogP contribution in [0.5, 0.6) is 0 Å². The molecule has 2 atom stereocenters. The molecular formula is C23H25N5O. The summed E-state index contributed by atoms with van der Waals surface area (Å²) in [6, 6.07) is 12.3. The van der Waals surface area contributed by atoms with E-state index in [9.17, 15) is 4.79 Å². The zero-order valence-electron chi connectivity index (χ0n) is 16.9. The lowest BCUT2D eigenvalue weighted by atomic mass is 9.85. The van der Waals surface area contributed by atoms with E-state index in [1.54, 1.807) is 4.52 Å². The molecule has 3 heterocycles. The molecule has 0 aliphatic heterocycles. The lowest BCUT2D eigenvalue weighted by molar-refractivity contribution is 0.253. The maximum Gasteiger partial charge on any atom is 0.280 e. The average Bonchev–Trinajstić information content (AvgIpc) is 3.14. The number of aryl methyl sites for hydroxylation is 1. The van der Waals surface area contributed by atoms with Gasteiger partial charge in [-0.1, -0.05) is 57.0 Å². The highest BCUT2D eigenvalue weighted by Crippen LogP contribution is 2.33. The summed E-state index contributed by atoms with van der Waals surface area (Å²) in [4.78, 5) is 13.3. The molecule has 5 rings (SSSR count). The molecule has 1 saturated carbocycles. The van der Waals surface area contributed by atoms with Crippen LogP contribution in [0.15, 0.2) is 47.4 Å². The van der Waals surface area contributed by atoms with E-state index < -0.39 is 0 Å². The van der Waals surface area contributed by atoms with Gasteiger partial charge in [0.15, 0.2) is 11.2 Å². The number of hydrogen-bond acceptors (Lipinski definition) is 4. The van der Waals surface area contributed by atoms with Crippen LogP contribution in [-0.2, 0) is 6.42 Å². The Morgan fingerprint density at radius 1 is 1.07 bits per heavy atom. The molecule has 1 fully saturated rings. The van der Waals surface area contributed by atoms with Crippen molar-refractivity contribution in [3.63, 3.8) is 0 Å². The number of pyridine rings is 1. The van der Waals surface area contributed by atoms with Crippen LogP contribution in [-0.4, -0.2) is 24.4 Å². The molecule has 1 aliphatic carbocycles. The Hall–Kier alpha value is -3.02. The SMILES string of the molecule is CCc1nn2c(nnc3c(=O)n([C@H]4CCCC[C@@H]4C)ccc32)c1-c1ccccc1. The first-order valence-corrected chi connectivity index (χ1v) is 10.5. The van der Waals surface area contributed by atoms with Crippen LogP contribution in [0, 0.1) is 5.92 Å². The third kappa shape index (κ3) is 2.85. The molecule has 0 bridgehead atoms. The van der Waals surface area contributed by atoms with Crippen molar-refractivity contribution in [3.05, 3.63) is 58.6 Å². The van der Waals surface area contributed by atoms with Crippen molar-refractivity contribution in [1.29, 1.82) is 0 Å². The van der Waals surface area contributed by atoms with Gasteiger partial charge in [-0.2, -0.15) is 5.10 Å². The van der Waals surface area contributed by atoms with E-state index in [1.165, 1.54) is 19.3 Å². The molecule has 0 saturated heterocycles. The molecule has 1 aromatic carbocycles. The average molecular weight is 387 g/mol. The van der Waals surface area contributed by atoms with Crippen molar-refractivity contribution < 1.29 is 0 Å². The molecule has 148 valence electrons. The van der Waals surface area contributed by atoms with Crippen molar-refractivity contribution in [2.45, 2.75) is 52.0 Å². The van der Waals surface area contributed by atoms with Crippen molar-refractivity contribution in [2.75, 3.05) is 0 Å². The van der Waals surface area contributed by atoms with E-state index in [2.05, 4.69) is 36.2 Å². The molecule has 29 heavy (non-hydrogen) atoms. The smallest absolute Gasteiger partial charge is 0.280 e. The fraction of sp³-hybridized carbons (Fsp3) is 0.391. The van der Waals surface area contributed by atoms with Crippen LogP contribution in [0.1, 0.15) is 51.3 Å². The van der Waals surface area contributed by atoms with Gasteiger partial charge in [-0.25, -0.2) is 4.52 Å². The molecule has 3 aromatic heterocycles. The fourth-order valence-corrected chi connectivity index (χ4v) is 4.72. The number of aromatic nitrogens is 5. The van der Waals surface area contributed by atoms with Crippen LogP contribution in [0.3, 0.4) is 0 Å². The summed E-state index contributed by atoms with van der Waals surface area (Å²) in [5.41, 5.74) is 4.77. The number of fused-ring (bicyclic) bond motifs is 3. The summed E-state index contributed by atoms with van der Waals surface area (Å²) in [5, 5.41) is 13.6. The van der Waals surface area contributed by atoms with Gasteiger partial charge >= 0.3 is 0 Å². The highest BCUT2D eigenvalue weighted by molar-refractivity contribution is 5.84. The molecule has 0 spiro atoms. The van der Waals surface area contributed by atoms with E-state index in [4.69, 9.17) is 5.10 Å². The molecular weight excluding hydrogens is 362 g/mol. The first-order chi connectivity index (χ1) is 14.2. The number of rotatable bonds is 3. The van der Waals surface area contributed by atoms with Crippen LogP contribution in [0.4, 0.5) is 0 Å². The predicted octanol–water partition coefficient (Wildman–Crippen LogP) is 4.42. The molecule has 0 amide bonds. The first-order valence-electron chi connectivity index (χ1n) is 10.5. The van der Waals surface area contributed by atoms with Gasteiger partial charge in [0.25, 0.3) is 5.56 Å². The van der Waals surface area contributed by atoms with E-state index in [-0.39, 0.29) is 11.6 Å². The molecule has 4 aromatic rings. The zero-order valence-corrected chi connectivity index (χ0v) is 16.9. The van der Waals surface area contributed by atoms with E-state index >= 15 is 0 Å². The van der Waals surface area contributed by atoms with Gasteiger partial charge in [-0.15, -0.1) is 10.2 Å². The van der Waals surface area contributed by atoms with E-state index in [1.807, 2.05) is 35.0 Å². The lowest BCUT2D eigenvalue weighted by Gasteiger charge is -2.30. The minimum atomic E-state index is -0.0644. The number of benzene rings is 1. The van der Waals surface area contributed by atoms with E-state index in [0.717, 1.165) is 35.2 Å². The summed E-state index contributed by atoms with van der Waals surface area (Å²) in [7, 11) is 0. The Morgan fingerprint density at radius 3 is 2.62 bits per heavy atom. The Morgan fingerprint density at radius 2 is 1.86 bits per heavy atom. The zero-order chi connectivity index (χ0) is 20.0. The second-order valence-corrected chi connectivity index (χ2v) is 8.07. The summed E-state index contributed by atoms with van der Waals surface area (Å²) >= 11 is 0. The highest BCUT2D eigenvalue weighted by atomic mass is 16.1.